The van der Waals surface area contributed by atoms with E-state index in [-0.39, 0.29) is 47.9 Å². The van der Waals surface area contributed by atoms with Crippen molar-refractivity contribution in [3.05, 3.63) is 30.6 Å². The molecule has 0 fully saturated rings. The standard InChI is InChI=1S/Ce.2NO3.H3N/c;2*2-1(3)4;/h;;;1H3/q+2;2*-1;. The average Bonchev–Trinajstić information content (AvgIpc) is 1.25. The zero-order chi connectivity index (χ0) is 7.15. The van der Waals surface area contributed by atoms with Gasteiger partial charge in [-0.1, -0.05) is 0 Å². The number of hydrogen-bond donors (Lipinski definition) is 1. The van der Waals surface area contributed by atoms with Gasteiger partial charge in [0.2, 0.25) is 0 Å². The first-order valence-corrected chi connectivity index (χ1v) is 1.10. The van der Waals surface area contributed by atoms with Gasteiger partial charge in [0.1, 0.15) is 0 Å². The maximum Gasteiger partial charge on any atom is 2.00 e. The maximum absolute atomic E-state index is 8.25. The Bertz CT molecular complexity index is 71.0. The van der Waals surface area contributed by atoms with Gasteiger partial charge in [-0.25, -0.2) is 0 Å². The summed E-state index contributed by atoms with van der Waals surface area (Å²) in [6.45, 7) is 0. The predicted molar refractivity (Wildman–Crippen MR) is 25.7 cm³/mol. The second-order valence-corrected chi connectivity index (χ2v) is 0.447. The van der Waals surface area contributed by atoms with E-state index in [1.54, 1.807) is 0 Å². The summed E-state index contributed by atoms with van der Waals surface area (Å²) in [6, 6.07) is 0. The van der Waals surface area contributed by atoms with Gasteiger partial charge >= 0.3 is 41.7 Å². The van der Waals surface area contributed by atoms with Crippen molar-refractivity contribution in [2.75, 3.05) is 0 Å². The molecule has 3 N–H and O–H groups in total. The summed E-state index contributed by atoms with van der Waals surface area (Å²) in [7, 11) is 0. The first-order chi connectivity index (χ1) is 3.46. The fourth-order valence-corrected chi connectivity index (χ4v) is 0. The molecule has 0 spiro atoms. The van der Waals surface area contributed by atoms with Crippen LogP contribution in [-0.2, 0) is 0 Å². The first-order valence-electron chi connectivity index (χ1n) is 1.10. The number of rotatable bonds is 0. The minimum absolute atomic E-state index is 0. The van der Waals surface area contributed by atoms with Crippen LogP contribution < -0.4 is 6.15 Å². The second-order valence-electron chi connectivity index (χ2n) is 0.447. The van der Waals surface area contributed by atoms with Crippen molar-refractivity contribution in [2.24, 2.45) is 0 Å². The number of hydrogen-bond acceptors (Lipinski definition) is 7. The number of nitrogens with zero attached hydrogens (tertiary/aromatic N) is 2. The van der Waals surface area contributed by atoms with Crippen LogP contribution in [0.3, 0.4) is 0 Å². The molecular formula is H3CeN3O6. The molecule has 0 aliphatic rings. The maximum atomic E-state index is 8.25. The Kier molecular flexibility index (Phi) is 35.9. The molecule has 0 radical (unpaired) electrons. The Labute approximate surface area is 88.2 Å². The topological polar surface area (TPSA) is 167 Å². The molecule has 0 aliphatic heterocycles. The van der Waals surface area contributed by atoms with Crippen LogP contribution in [0.25, 0.3) is 0 Å². The van der Waals surface area contributed by atoms with E-state index in [0.29, 0.717) is 0 Å². The van der Waals surface area contributed by atoms with E-state index < -0.39 is 10.2 Å². The minimum atomic E-state index is -1.75. The van der Waals surface area contributed by atoms with Crippen LogP contribution in [0.4, 0.5) is 0 Å². The van der Waals surface area contributed by atoms with Crippen LogP contribution in [-0.4, -0.2) is 10.2 Å². The molecule has 0 unspecified atom stereocenters. The summed E-state index contributed by atoms with van der Waals surface area (Å²) >= 11 is 0. The van der Waals surface area contributed by atoms with Crippen LogP contribution in [0.15, 0.2) is 0 Å². The molecule has 58 valence electrons. The molecule has 9 nitrogen and oxygen atoms in total. The summed E-state index contributed by atoms with van der Waals surface area (Å²) in [6.07, 6.45) is 0. The third-order valence-electron chi connectivity index (χ3n) is 0. The average molecular weight is 281 g/mol. The Hall–Kier alpha value is -0.263. The van der Waals surface area contributed by atoms with Gasteiger partial charge < -0.3 is 36.8 Å². The molecule has 0 bridgehead atoms. The molecule has 0 aromatic rings. The van der Waals surface area contributed by atoms with Gasteiger partial charge in [-0.15, -0.1) is 0 Å². The van der Waals surface area contributed by atoms with E-state index in [1.807, 2.05) is 0 Å². The Morgan fingerprint density at radius 3 is 0.800 bits per heavy atom. The van der Waals surface area contributed by atoms with Crippen molar-refractivity contribution >= 4 is 0 Å². The van der Waals surface area contributed by atoms with Crippen molar-refractivity contribution < 1.29 is 51.9 Å². The van der Waals surface area contributed by atoms with E-state index in [0.717, 1.165) is 0 Å². The smallest absolute Gasteiger partial charge is 0.356 e. The van der Waals surface area contributed by atoms with Gasteiger partial charge in [-0.05, 0) is 0 Å². The third kappa shape index (κ3) is 5060. The van der Waals surface area contributed by atoms with Gasteiger partial charge in [0.15, 0.2) is 0 Å². The fourth-order valence-electron chi connectivity index (χ4n) is 0. The van der Waals surface area contributed by atoms with E-state index >= 15 is 0 Å². The molecule has 0 aliphatic carbocycles. The molecule has 0 aromatic carbocycles. The van der Waals surface area contributed by atoms with Gasteiger partial charge in [0, 0.05) is 0 Å². The van der Waals surface area contributed by atoms with Crippen LogP contribution in [0.1, 0.15) is 0 Å². The fraction of sp³-hybridized carbons (Fsp3) is 0. The Morgan fingerprint density at radius 2 is 0.800 bits per heavy atom. The largest absolute Gasteiger partial charge is 2.00 e. The molecule has 10 heavy (non-hydrogen) atoms. The molecule has 0 heterocycles. The predicted octanol–water partition coefficient (Wildman–Crippen LogP) is -0.316. The summed E-state index contributed by atoms with van der Waals surface area (Å²) in [4.78, 5) is 16.5. The van der Waals surface area contributed by atoms with E-state index in [9.17, 15) is 0 Å². The van der Waals surface area contributed by atoms with Crippen LogP contribution in [0.2, 0.25) is 0 Å². The quantitative estimate of drug-likeness (QED) is 0.468. The van der Waals surface area contributed by atoms with Crippen LogP contribution in [0, 0.1) is 72.4 Å². The summed E-state index contributed by atoms with van der Waals surface area (Å²) in [5.74, 6) is 0. The monoisotopic (exact) mass is 281 g/mol. The van der Waals surface area contributed by atoms with Crippen molar-refractivity contribution in [1.82, 2.24) is 6.15 Å². The van der Waals surface area contributed by atoms with Crippen molar-refractivity contribution in [1.29, 1.82) is 0 Å². The molecule has 0 amide bonds. The molecule has 0 aromatic heterocycles. The third-order valence-corrected chi connectivity index (χ3v) is 0. The summed E-state index contributed by atoms with van der Waals surface area (Å²) < 4.78 is 0. The van der Waals surface area contributed by atoms with E-state index in [1.165, 1.54) is 0 Å². The Morgan fingerprint density at radius 1 is 0.800 bits per heavy atom. The normalized spacial score (nSPS) is 4.80. The van der Waals surface area contributed by atoms with Gasteiger partial charge in [-0.2, -0.15) is 0 Å². The Balaban J connectivity index is -0.0000000300. The summed E-state index contributed by atoms with van der Waals surface area (Å²) in [5.41, 5.74) is 0. The SMILES string of the molecule is N.O=[N+]([O-])[O-].O=[N+]([O-])[O-].[Ce+2]. The van der Waals surface area contributed by atoms with E-state index in [4.69, 9.17) is 30.6 Å². The molecule has 0 saturated carbocycles. The molecular weight excluding hydrogens is 278 g/mol. The molecule has 0 atom stereocenters. The zero-order valence-corrected chi connectivity index (χ0v) is 7.69. The molecule has 10 heteroatoms. The van der Waals surface area contributed by atoms with Crippen molar-refractivity contribution in [3.63, 3.8) is 0 Å². The van der Waals surface area contributed by atoms with Gasteiger partial charge in [0.05, 0.1) is 10.2 Å². The first kappa shape index (κ1) is 22.6. The van der Waals surface area contributed by atoms with Crippen LogP contribution >= 0.6 is 0 Å². The second kappa shape index (κ2) is 15.9. The van der Waals surface area contributed by atoms with Gasteiger partial charge in [0.25, 0.3) is 0 Å². The minimum Gasteiger partial charge on any atom is -0.356 e. The molecule has 0 saturated heterocycles. The van der Waals surface area contributed by atoms with Crippen molar-refractivity contribution in [2.45, 2.75) is 0 Å². The van der Waals surface area contributed by atoms with Crippen molar-refractivity contribution in [3.8, 4) is 0 Å². The van der Waals surface area contributed by atoms with Crippen LogP contribution in [0.5, 0.6) is 0 Å². The van der Waals surface area contributed by atoms with E-state index in [2.05, 4.69) is 0 Å². The molecule has 0 rings (SSSR count). The summed E-state index contributed by atoms with van der Waals surface area (Å²) in [5, 5.41) is 29.5. The zero-order valence-electron chi connectivity index (χ0n) is 4.55. The van der Waals surface area contributed by atoms with Gasteiger partial charge in [-0.3, -0.25) is 0 Å².